The Morgan fingerprint density at radius 3 is 2.06 bits per heavy atom. The van der Waals surface area contributed by atoms with Crippen LogP contribution in [0.25, 0.3) is 11.1 Å². The lowest BCUT2D eigenvalue weighted by Gasteiger charge is -2.41. The van der Waals surface area contributed by atoms with E-state index >= 15 is 4.39 Å². The van der Waals surface area contributed by atoms with Gasteiger partial charge in [0.05, 0.1) is 77.6 Å². The van der Waals surface area contributed by atoms with E-state index in [1.54, 1.807) is 47.5 Å². The molecule has 1 aliphatic heterocycles. The molecular formula is C59H78F2N8O15S. The smallest absolute Gasteiger partial charge is 0.408 e. The molecule has 26 heteroatoms. The summed E-state index contributed by atoms with van der Waals surface area (Å²) in [5, 5.41) is 40.3. The lowest BCUT2D eigenvalue weighted by Crippen LogP contribution is -2.49. The molecule has 0 radical (unpaired) electrons. The van der Waals surface area contributed by atoms with E-state index in [9.17, 15) is 53.3 Å². The standard InChI is InChI=1S/C59H78F2N8O15S/c1-59(2,3)55(48-31-42(44-32-43(60)15-16-45(44)61)35-67(48)34-40-11-6-4-7-12-40)68(22-10-20-64-56(76)46(33-49(62)70)66-58(79)84-37-41-13-8-5-9-14-41)54(75)39-85-38-47(57(77)78)65-50(71)19-23-80-25-27-82-29-30-83-28-26-81-24-21-63-51(72)36-69-52(73)17-18-53(69)74/h4-9,11-18,31-32,35,46-47,51-52,55,63,72-73H,10,19-30,33-34,36-39H2,1-3H3,(H2,62,70)(H,64,76)(H,65,71)(H,66,79)(H,77,78)/t46-,47-,51?,52?,55?/m0/s1. The first kappa shape index (κ1) is 68.5. The van der Waals surface area contributed by atoms with E-state index in [4.69, 9.17) is 29.4 Å². The first-order chi connectivity index (χ1) is 40.7. The molecule has 0 aliphatic carbocycles. The summed E-state index contributed by atoms with van der Waals surface area (Å²) in [6.45, 7) is 7.75. The Morgan fingerprint density at radius 1 is 0.812 bits per heavy atom. The highest BCUT2D eigenvalue weighted by Crippen LogP contribution is 2.41. The Labute approximate surface area is 496 Å². The van der Waals surface area contributed by atoms with Crippen LogP contribution in [0.15, 0.2) is 103 Å². The molecule has 85 heavy (non-hydrogen) atoms. The van der Waals surface area contributed by atoms with E-state index in [1.807, 2.05) is 55.7 Å². The van der Waals surface area contributed by atoms with E-state index in [-0.39, 0.29) is 115 Å². The van der Waals surface area contributed by atoms with E-state index in [2.05, 4.69) is 21.3 Å². The summed E-state index contributed by atoms with van der Waals surface area (Å²) in [4.78, 5) is 92.8. The van der Waals surface area contributed by atoms with Gasteiger partial charge in [-0.2, -0.15) is 0 Å². The predicted octanol–water partition coefficient (Wildman–Crippen LogP) is 3.46. The van der Waals surface area contributed by atoms with Gasteiger partial charge in [0.2, 0.25) is 29.5 Å². The van der Waals surface area contributed by atoms with Gasteiger partial charge in [-0.3, -0.25) is 29.3 Å². The first-order valence-electron chi connectivity index (χ1n) is 27.7. The number of benzene rings is 3. The number of alkyl carbamates (subject to hydrolysis) is 1. The number of amides is 6. The number of carbonyl (C=O) groups is 7. The molecule has 3 unspecified atom stereocenters. The van der Waals surface area contributed by atoms with Gasteiger partial charge >= 0.3 is 12.1 Å². The topological polar surface area (TPSA) is 312 Å². The molecule has 1 aliphatic rings. The van der Waals surface area contributed by atoms with Crippen LogP contribution < -0.4 is 27.0 Å². The number of ether oxygens (including phenoxy) is 5. The number of rotatable bonds is 39. The van der Waals surface area contributed by atoms with Crippen LogP contribution in [0.1, 0.15) is 62.9 Å². The van der Waals surface area contributed by atoms with Crippen LogP contribution in [-0.2, 0) is 65.6 Å². The second-order valence-corrected chi connectivity index (χ2v) is 21.8. The van der Waals surface area contributed by atoms with Crippen molar-refractivity contribution in [1.29, 1.82) is 0 Å². The third-order valence-corrected chi connectivity index (χ3v) is 14.0. The number of carboxylic acids is 1. The third-order valence-electron chi connectivity index (χ3n) is 12.9. The number of primary amides is 1. The second kappa shape index (κ2) is 35.9. The summed E-state index contributed by atoms with van der Waals surface area (Å²) < 4.78 is 59.2. The van der Waals surface area contributed by atoms with Crippen molar-refractivity contribution in [3.05, 3.63) is 132 Å². The van der Waals surface area contributed by atoms with Gasteiger partial charge < -0.3 is 75.1 Å². The summed E-state index contributed by atoms with van der Waals surface area (Å²) in [7, 11) is 0. The summed E-state index contributed by atoms with van der Waals surface area (Å²) >= 11 is 0.975. The minimum absolute atomic E-state index is 0.00194. The van der Waals surface area contributed by atoms with Crippen LogP contribution in [0, 0.1) is 17.0 Å². The average Bonchev–Trinajstić information content (AvgIpc) is 3.66. The van der Waals surface area contributed by atoms with E-state index in [0.29, 0.717) is 30.0 Å². The van der Waals surface area contributed by atoms with Crippen LogP contribution in [0.5, 0.6) is 0 Å². The SMILES string of the molecule is CC(C)(C)C(c1cc(-c2cc(F)ccc2F)cn1Cc1ccccc1)N(CCCNC(=O)[C@H](CC(N)=O)NC(=O)OCc1ccccc1)C(=O)CSC[C@H](NC(=O)CCOCCOCCOCCOCCNC(O)CN1C(=O)C=CC1O)C(=O)O. The number of thioether (sulfide) groups is 1. The number of carboxylic acid groups (broad SMARTS) is 1. The molecule has 1 aromatic heterocycles. The van der Waals surface area contributed by atoms with Crippen molar-refractivity contribution in [3.63, 3.8) is 0 Å². The number of hydrogen-bond donors (Lipinski definition) is 8. The Bertz CT molecular complexity index is 2810. The van der Waals surface area contributed by atoms with Crippen molar-refractivity contribution in [2.45, 2.75) is 83.8 Å². The molecule has 0 bridgehead atoms. The maximum absolute atomic E-state index is 15.5. The normalized spacial score (nSPS) is 14.6. The number of hydrogen-bond acceptors (Lipinski definition) is 16. The quantitative estimate of drug-likeness (QED) is 0.0234. The van der Waals surface area contributed by atoms with Gasteiger partial charge in [-0.15, -0.1) is 11.8 Å². The zero-order valence-electron chi connectivity index (χ0n) is 48.0. The highest BCUT2D eigenvalue weighted by atomic mass is 32.2. The van der Waals surface area contributed by atoms with Crippen molar-refractivity contribution in [2.75, 3.05) is 90.5 Å². The Hall–Kier alpha value is -7.30. The molecule has 464 valence electrons. The minimum atomic E-state index is -1.39. The Morgan fingerprint density at radius 2 is 1.45 bits per heavy atom. The number of halogens is 2. The molecule has 9 N–H and O–H groups in total. The van der Waals surface area contributed by atoms with Crippen LogP contribution in [0.2, 0.25) is 0 Å². The lowest BCUT2D eigenvalue weighted by molar-refractivity contribution is -0.141. The van der Waals surface area contributed by atoms with E-state index in [1.165, 1.54) is 12.2 Å². The Kier molecular flexibility index (Phi) is 28.9. The number of carbonyl (C=O) groups excluding carboxylic acids is 6. The van der Waals surface area contributed by atoms with E-state index < -0.39 is 89.7 Å². The molecule has 0 spiro atoms. The molecule has 0 saturated carbocycles. The molecule has 0 fully saturated rings. The van der Waals surface area contributed by atoms with Gasteiger partial charge in [-0.05, 0) is 53.3 Å². The number of nitrogens with two attached hydrogens (primary N) is 1. The van der Waals surface area contributed by atoms with Gasteiger partial charge in [0.25, 0.3) is 0 Å². The van der Waals surface area contributed by atoms with Crippen molar-refractivity contribution < 1.29 is 81.3 Å². The van der Waals surface area contributed by atoms with E-state index in [0.717, 1.165) is 40.4 Å². The van der Waals surface area contributed by atoms with Gasteiger partial charge in [-0.1, -0.05) is 81.4 Å². The summed E-state index contributed by atoms with van der Waals surface area (Å²) in [5.74, 6) is -6.16. The number of β-amino-alcohol motifs (C(OH)–C–C–N with tert-alkyl or cyclic N) is 1. The zero-order chi connectivity index (χ0) is 61.7. The number of aliphatic hydroxyl groups excluding tert-OH is 2. The van der Waals surface area contributed by atoms with Gasteiger partial charge in [0, 0.05) is 67.4 Å². The number of aliphatic carboxylic acids is 1. The fourth-order valence-corrected chi connectivity index (χ4v) is 9.79. The molecule has 5 atom stereocenters. The van der Waals surface area contributed by atoms with Gasteiger partial charge in [0.1, 0.15) is 42.8 Å². The molecule has 0 saturated heterocycles. The average molecular weight is 1210 g/mol. The third kappa shape index (κ3) is 24.3. The monoisotopic (exact) mass is 1210 g/mol. The zero-order valence-corrected chi connectivity index (χ0v) is 48.8. The lowest BCUT2D eigenvalue weighted by atomic mass is 9.83. The van der Waals surface area contributed by atoms with Crippen molar-refractivity contribution >= 4 is 53.4 Å². The molecule has 6 amide bonds. The first-order valence-corrected chi connectivity index (χ1v) is 28.9. The highest BCUT2D eigenvalue weighted by molar-refractivity contribution is 8.00. The highest BCUT2D eigenvalue weighted by Gasteiger charge is 2.38. The number of aromatic nitrogens is 1. The fourth-order valence-electron chi connectivity index (χ4n) is 8.87. The van der Waals surface area contributed by atoms with Crippen molar-refractivity contribution in [2.24, 2.45) is 11.1 Å². The molecule has 3 aromatic carbocycles. The fraction of sp³-hybridized carbons (Fsp3) is 0.475. The van der Waals surface area contributed by atoms with Crippen LogP contribution >= 0.6 is 11.8 Å². The maximum Gasteiger partial charge on any atom is 0.408 e. The van der Waals surface area contributed by atoms with Crippen molar-refractivity contribution in [3.8, 4) is 11.1 Å². The number of nitrogens with one attached hydrogen (secondary N) is 4. The molecule has 5 rings (SSSR count). The molecule has 4 aromatic rings. The Balaban J connectivity index is 1.15. The number of nitrogens with zero attached hydrogens (tertiary/aromatic N) is 3. The van der Waals surface area contributed by atoms with Crippen LogP contribution in [0.4, 0.5) is 13.6 Å². The van der Waals surface area contributed by atoms with Gasteiger partial charge in [0.15, 0.2) is 0 Å². The number of aliphatic hydroxyl groups is 2. The van der Waals surface area contributed by atoms with Gasteiger partial charge in [-0.25, -0.2) is 18.4 Å². The second-order valence-electron chi connectivity index (χ2n) is 20.7. The largest absolute Gasteiger partial charge is 0.480 e. The minimum Gasteiger partial charge on any atom is -0.480 e. The predicted molar refractivity (Wildman–Crippen MR) is 310 cm³/mol. The summed E-state index contributed by atoms with van der Waals surface area (Å²) in [5.41, 5.74) is 7.14. The molecule has 23 nitrogen and oxygen atoms in total. The molecule has 2 heterocycles. The molecular weight excluding hydrogens is 1130 g/mol. The summed E-state index contributed by atoms with van der Waals surface area (Å²) in [6, 6.07) is 19.5. The summed E-state index contributed by atoms with van der Waals surface area (Å²) in [6.07, 6.45) is 0.629. The van der Waals surface area contributed by atoms with Crippen LogP contribution in [0.3, 0.4) is 0 Å². The maximum atomic E-state index is 15.5. The van der Waals surface area contributed by atoms with Crippen molar-refractivity contribution in [1.82, 2.24) is 35.6 Å². The van der Waals surface area contributed by atoms with Crippen LogP contribution in [-0.4, -0.2) is 186 Å².